The molecule has 2 rings (SSSR count). The summed E-state index contributed by atoms with van der Waals surface area (Å²) in [6, 6.07) is 8.82. The van der Waals surface area contributed by atoms with E-state index in [-0.39, 0.29) is 5.75 Å². The number of benzene rings is 2. The van der Waals surface area contributed by atoms with Crippen LogP contribution in [-0.2, 0) is 6.18 Å². The minimum atomic E-state index is -4.47. The molecule has 106 valence electrons. The number of hydrogen-bond donors (Lipinski definition) is 0. The minimum absolute atomic E-state index is 0.220. The van der Waals surface area contributed by atoms with Crippen LogP contribution in [0.3, 0.4) is 0 Å². The maximum atomic E-state index is 13.0. The van der Waals surface area contributed by atoms with Gasteiger partial charge in [0.1, 0.15) is 11.5 Å². The van der Waals surface area contributed by atoms with Gasteiger partial charge in [0, 0.05) is 8.95 Å². The van der Waals surface area contributed by atoms with Gasteiger partial charge >= 0.3 is 6.18 Å². The van der Waals surface area contributed by atoms with Crippen molar-refractivity contribution >= 4 is 31.9 Å². The normalized spacial score (nSPS) is 11.5. The van der Waals surface area contributed by atoms with E-state index in [1.807, 2.05) is 6.92 Å². The number of alkyl halides is 3. The molecule has 0 heterocycles. The quantitative estimate of drug-likeness (QED) is 0.563. The van der Waals surface area contributed by atoms with Gasteiger partial charge in [-0.1, -0.05) is 31.9 Å². The summed E-state index contributed by atoms with van der Waals surface area (Å²) in [4.78, 5) is 0. The van der Waals surface area contributed by atoms with Crippen LogP contribution in [-0.4, -0.2) is 0 Å². The molecule has 0 aromatic heterocycles. The average Bonchev–Trinajstić information content (AvgIpc) is 2.35. The summed E-state index contributed by atoms with van der Waals surface area (Å²) in [6.07, 6.45) is -4.47. The first kappa shape index (κ1) is 15.4. The minimum Gasteiger partial charge on any atom is -0.457 e. The van der Waals surface area contributed by atoms with E-state index in [1.54, 1.807) is 18.2 Å². The van der Waals surface area contributed by atoms with Crippen LogP contribution in [0.2, 0.25) is 0 Å². The van der Waals surface area contributed by atoms with Gasteiger partial charge in [-0.25, -0.2) is 0 Å². The Labute approximate surface area is 131 Å². The Morgan fingerprint density at radius 2 is 1.70 bits per heavy atom. The summed E-state index contributed by atoms with van der Waals surface area (Å²) in [6.45, 7) is 1.84. The van der Waals surface area contributed by atoms with Crippen molar-refractivity contribution in [2.24, 2.45) is 0 Å². The highest BCUT2D eigenvalue weighted by atomic mass is 79.9. The second-order valence-corrected chi connectivity index (χ2v) is 5.92. The molecule has 0 spiro atoms. The lowest BCUT2D eigenvalue weighted by Crippen LogP contribution is -2.07. The summed E-state index contributed by atoms with van der Waals surface area (Å²) in [5.74, 6) is 0.140. The standard InChI is InChI=1S/C14H9Br2F3O/c1-8-6-10(3-4-12(8)16)20-13-5-2-9(15)7-11(13)14(17,18)19/h2-7H,1H3. The fourth-order valence-corrected chi connectivity index (χ4v) is 2.23. The molecule has 0 atom stereocenters. The number of halogens is 5. The van der Waals surface area contributed by atoms with Gasteiger partial charge in [0.2, 0.25) is 0 Å². The van der Waals surface area contributed by atoms with E-state index in [9.17, 15) is 13.2 Å². The Bertz CT molecular complexity index is 639. The zero-order valence-corrected chi connectivity index (χ0v) is 13.4. The monoisotopic (exact) mass is 408 g/mol. The molecule has 0 saturated carbocycles. The molecule has 0 bridgehead atoms. The second-order valence-electron chi connectivity index (χ2n) is 4.15. The van der Waals surface area contributed by atoms with Crippen molar-refractivity contribution in [1.29, 1.82) is 0 Å². The summed E-state index contributed by atoms with van der Waals surface area (Å²) in [5, 5.41) is 0. The molecule has 2 aromatic rings. The molecule has 20 heavy (non-hydrogen) atoms. The van der Waals surface area contributed by atoms with Gasteiger partial charge in [-0.15, -0.1) is 0 Å². The molecule has 0 aliphatic heterocycles. The van der Waals surface area contributed by atoms with E-state index in [0.29, 0.717) is 10.2 Å². The van der Waals surface area contributed by atoms with Crippen LogP contribution >= 0.6 is 31.9 Å². The Kier molecular flexibility index (Phi) is 4.44. The molecule has 0 N–H and O–H groups in total. The first-order valence-electron chi connectivity index (χ1n) is 5.58. The van der Waals surface area contributed by atoms with Gasteiger partial charge in [-0.3, -0.25) is 0 Å². The number of ether oxygens (including phenoxy) is 1. The first-order chi connectivity index (χ1) is 9.27. The van der Waals surface area contributed by atoms with E-state index in [2.05, 4.69) is 31.9 Å². The van der Waals surface area contributed by atoms with Gasteiger partial charge < -0.3 is 4.74 Å². The van der Waals surface area contributed by atoms with E-state index < -0.39 is 11.7 Å². The largest absolute Gasteiger partial charge is 0.457 e. The van der Waals surface area contributed by atoms with Crippen LogP contribution in [0, 0.1) is 6.92 Å². The number of aryl methyl sites for hydroxylation is 1. The topological polar surface area (TPSA) is 9.23 Å². The van der Waals surface area contributed by atoms with Crippen molar-refractivity contribution < 1.29 is 17.9 Å². The molecule has 0 saturated heterocycles. The van der Waals surface area contributed by atoms with Crippen molar-refractivity contribution in [3.8, 4) is 11.5 Å². The molecule has 0 unspecified atom stereocenters. The highest BCUT2D eigenvalue weighted by Crippen LogP contribution is 2.39. The Balaban J connectivity index is 2.40. The predicted octanol–water partition coefficient (Wildman–Crippen LogP) is 6.33. The van der Waals surface area contributed by atoms with Gasteiger partial charge in [0.05, 0.1) is 5.56 Å². The summed E-state index contributed by atoms with van der Waals surface area (Å²) >= 11 is 6.36. The summed E-state index contributed by atoms with van der Waals surface area (Å²) < 4.78 is 45.5. The van der Waals surface area contributed by atoms with E-state index in [0.717, 1.165) is 16.1 Å². The average molecular weight is 410 g/mol. The number of rotatable bonds is 2. The van der Waals surface area contributed by atoms with Crippen molar-refractivity contribution in [3.05, 3.63) is 56.5 Å². The van der Waals surface area contributed by atoms with Crippen LogP contribution in [0.15, 0.2) is 45.3 Å². The van der Waals surface area contributed by atoms with Gasteiger partial charge in [-0.2, -0.15) is 13.2 Å². The highest BCUT2D eigenvalue weighted by Gasteiger charge is 2.34. The van der Waals surface area contributed by atoms with Crippen LogP contribution in [0.5, 0.6) is 11.5 Å². The van der Waals surface area contributed by atoms with E-state index in [1.165, 1.54) is 12.1 Å². The third kappa shape index (κ3) is 3.55. The lowest BCUT2D eigenvalue weighted by molar-refractivity contribution is -0.138. The lowest BCUT2D eigenvalue weighted by Gasteiger charge is -2.14. The number of hydrogen-bond acceptors (Lipinski definition) is 1. The third-order valence-electron chi connectivity index (χ3n) is 2.60. The Morgan fingerprint density at radius 1 is 1.00 bits per heavy atom. The fourth-order valence-electron chi connectivity index (χ4n) is 1.62. The Hall–Kier alpha value is -1.01. The predicted molar refractivity (Wildman–Crippen MR) is 78.1 cm³/mol. The zero-order chi connectivity index (χ0) is 14.9. The molecule has 0 fully saturated rings. The third-order valence-corrected chi connectivity index (χ3v) is 3.99. The van der Waals surface area contributed by atoms with E-state index in [4.69, 9.17) is 4.74 Å². The first-order valence-corrected chi connectivity index (χ1v) is 7.17. The van der Waals surface area contributed by atoms with Crippen molar-refractivity contribution in [1.82, 2.24) is 0 Å². The van der Waals surface area contributed by atoms with Crippen LogP contribution in [0.1, 0.15) is 11.1 Å². The molecule has 0 aliphatic carbocycles. The van der Waals surface area contributed by atoms with E-state index >= 15 is 0 Å². The molecular weight excluding hydrogens is 401 g/mol. The fraction of sp³-hybridized carbons (Fsp3) is 0.143. The van der Waals surface area contributed by atoms with Gasteiger partial charge in [0.25, 0.3) is 0 Å². The smallest absolute Gasteiger partial charge is 0.420 e. The Morgan fingerprint density at radius 3 is 2.30 bits per heavy atom. The summed E-state index contributed by atoms with van der Waals surface area (Å²) in [5.41, 5.74) is 0.0700. The van der Waals surface area contributed by atoms with Crippen LogP contribution in [0.25, 0.3) is 0 Å². The maximum absolute atomic E-state index is 13.0. The molecule has 1 nitrogen and oxygen atoms in total. The molecule has 2 aromatic carbocycles. The van der Waals surface area contributed by atoms with Crippen molar-refractivity contribution in [3.63, 3.8) is 0 Å². The summed E-state index contributed by atoms with van der Waals surface area (Å²) in [7, 11) is 0. The zero-order valence-electron chi connectivity index (χ0n) is 10.3. The second kappa shape index (κ2) is 5.77. The van der Waals surface area contributed by atoms with Crippen LogP contribution < -0.4 is 4.74 Å². The van der Waals surface area contributed by atoms with Crippen LogP contribution in [0.4, 0.5) is 13.2 Å². The maximum Gasteiger partial charge on any atom is 0.420 e. The molecular formula is C14H9Br2F3O. The van der Waals surface area contributed by atoms with Crippen molar-refractivity contribution in [2.45, 2.75) is 13.1 Å². The highest BCUT2D eigenvalue weighted by molar-refractivity contribution is 9.10. The van der Waals surface area contributed by atoms with Gasteiger partial charge in [0.15, 0.2) is 0 Å². The van der Waals surface area contributed by atoms with Gasteiger partial charge in [-0.05, 0) is 48.9 Å². The molecule has 0 aliphatic rings. The molecule has 6 heteroatoms. The lowest BCUT2D eigenvalue weighted by atomic mass is 10.2. The molecule has 0 amide bonds. The molecule has 0 radical (unpaired) electrons. The van der Waals surface area contributed by atoms with Crippen molar-refractivity contribution in [2.75, 3.05) is 0 Å². The SMILES string of the molecule is Cc1cc(Oc2ccc(Br)cc2C(F)(F)F)ccc1Br.